The van der Waals surface area contributed by atoms with Crippen LogP contribution >= 0.6 is 23.1 Å². The number of thiophene rings is 1. The van der Waals surface area contributed by atoms with Crippen molar-refractivity contribution in [3.05, 3.63) is 51.7 Å². The van der Waals surface area contributed by atoms with Gasteiger partial charge in [-0.05, 0) is 49.9 Å². The van der Waals surface area contributed by atoms with Crippen LogP contribution in [0.3, 0.4) is 0 Å². The third-order valence-electron chi connectivity index (χ3n) is 2.57. The second-order valence-electron chi connectivity index (χ2n) is 4.78. The summed E-state index contributed by atoms with van der Waals surface area (Å²) in [6.07, 6.45) is 0.266. The number of hydrogen-bond acceptors (Lipinski definition) is 5. The third-order valence-corrected chi connectivity index (χ3v) is 4.29. The zero-order valence-corrected chi connectivity index (χ0v) is 17.5. The molecule has 1 aromatic carbocycles. The number of rotatable bonds is 3. The smallest absolute Gasteiger partial charge is 0.406 e. The molecule has 0 saturated carbocycles. The molecule has 3 N–H and O–H groups in total. The van der Waals surface area contributed by atoms with Crippen LogP contribution in [0.1, 0.15) is 29.2 Å². The lowest BCUT2D eigenvalue weighted by Crippen LogP contribution is -2.20. The quantitative estimate of drug-likeness (QED) is 0.289. The number of hydrogen-bond donors (Lipinski definition) is 2. The first-order valence-electron chi connectivity index (χ1n) is 8.03. The highest BCUT2D eigenvalue weighted by molar-refractivity contribution is 8.00. The monoisotopic (exact) mass is 433 g/mol. The van der Waals surface area contributed by atoms with Crippen molar-refractivity contribution in [1.82, 2.24) is 0 Å². The van der Waals surface area contributed by atoms with E-state index in [1.807, 2.05) is 26.8 Å². The second kappa shape index (κ2) is 12.9. The van der Waals surface area contributed by atoms with Crippen molar-refractivity contribution in [3.8, 4) is 0 Å². The van der Waals surface area contributed by atoms with Gasteiger partial charge in [0.25, 0.3) is 6.02 Å². The van der Waals surface area contributed by atoms with Crippen molar-refractivity contribution in [2.24, 2.45) is 10.7 Å². The molecule has 28 heavy (non-hydrogen) atoms. The van der Waals surface area contributed by atoms with E-state index >= 15 is 0 Å². The molecule has 0 bridgehead atoms. The number of nitrogens with one attached hydrogen (secondary N) is 1. The topological polar surface area (TPSA) is 88.5 Å². The van der Waals surface area contributed by atoms with Crippen molar-refractivity contribution < 1.29 is 22.7 Å². The number of carbonyl (C=O) groups excluding carboxylic acids is 1. The molecule has 1 amide bonds. The van der Waals surface area contributed by atoms with Gasteiger partial charge in [-0.25, -0.2) is 0 Å². The first-order chi connectivity index (χ1) is 13.1. The maximum atomic E-state index is 11.8. The molecule has 0 saturated heterocycles. The summed E-state index contributed by atoms with van der Waals surface area (Å²) in [4.78, 5) is 15.0. The van der Waals surface area contributed by atoms with Crippen LogP contribution in [-0.2, 0) is 9.53 Å². The SMILES string of the molecule is CC.Cc1ccc(C(=N)OC(N)=NC=O)s1.Cc1cccc(SC(F)(F)F)c1. The molecular formula is C18H22F3N3O2S2. The minimum Gasteiger partial charge on any atom is -0.406 e. The van der Waals surface area contributed by atoms with Crippen molar-refractivity contribution >= 4 is 41.4 Å². The molecule has 0 aliphatic carbocycles. The first kappa shape index (κ1) is 25.7. The fraction of sp³-hybridized carbons (Fsp3) is 0.278. The highest BCUT2D eigenvalue weighted by Crippen LogP contribution is 2.36. The van der Waals surface area contributed by atoms with E-state index in [0.717, 1.165) is 10.4 Å². The average molecular weight is 434 g/mol. The predicted molar refractivity (Wildman–Crippen MR) is 109 cm³/mol. The van der Waals surface area contributed by atoms with Crippen LogP contribution in [0, 0.1) is 19.3 Å². The van der Waals surface area contributed by atoms with Gasteiger partial charge >= 0.3 is 5.51 Å². The summed E-state index contributed by atoms with van der Waals surface area (Å²) >= 11 is 1.32. The number of nitrogens with two attached hydrogens (primary N) is 1. The lowest BCUT2D eigenvalue weighted by molar-refractivity contribution is -0.106. The highest BCUT2D eigenvalue weighted by atomic mass is 32.2. The maximum absolute atomic E-state index is 11.8. The summed E-state index contributed by atoms with van der Waals surface area (Å²) in [7, 11) is 0. The Balaban J connectivity index is 0.000000483. The number of thioether (sulfide) groups is 1. The summed E-state index contributed by atoms with van der Waals surface area (Å²) in [5, 5.41) is 7.46. The number of carbonyl (C=O) groups is 1. The number of benzene rings is 1. The van der Waals surface area contributed by atoms with Gasteiger partial charge in [0, 0.05) is 9.77 Å². The molecule has 10 heteroatoms. The van der Waals surface area contributed by atoms with Crippen molar-refractivity contribution in [3.63, 3.8) is 0 Å². The Morgan fingerprint density at radius 1 is 1.25 bits per heavy atom. The van der Waals surface area contributed by atoms with E-state index in [4.69, 9.17) is 15.9 Å². The van der Waals surface area contributed by atoms with E-state index in [1.54, 1.807) is 25.1 Å². The van der Waals surface area contributed by atoms with Gasteiger partial charge in [-0.15, -0.1) is 11.3 Å². The highest BCUT2D eigenvalue weighted by Gasteiger charge is 2.28. The molecule has 2 aromatic rings. The van der Waals surface area contributed by atoms with Crippen LogP contribution in [0.25, 0.3) is 0 Å². The van der Waals surface area contributed by atoms with Gasteiger partial charge in [-0.1, -0.05) is 31.5 Å². The molecular weight excluding hydrogens is 411 g/mol. The molecule has 5 nitrogen and oxygen atoms in total. The first-order valence-corrected chi connectivity index (χ1v) is 9.66. The predicted octanol–water partition coefficient (Wildman–Crippen LogP) is 5.50. The van der Waals surface area contributed by atoms with Gasteiger partial charge < -0.3 is 10.5 Å². The number of amidine groups is 1. The molecule has 0 spiro atoms. The van der Waals surface area contributed by atoms with Gasteiger partial charge in [0.2, 0.25) is 12.3 Å². The summed E-state index contributed by atoms with van der Waals surface area (Å²) < 4.78 is 40.3. The number of aryl methyl sites for hydroxylation is 2. The molecule has 0 fully saturated rings. The largest absolute Gasteiger partial charge is 0.446 e. The zero-order valence-electron chi connectivity index (χ0n) is 15.8. The fourth-order valence-corrected chi connectivity index (χ4v) is 3.01. The minimum atomic E-state index is -4.19. The number of nitrogens with zero attached hydrogens (tertiary/aromatic N) is 1. The minimum absolute atomic E-state index is 0.0851. The molecule has 0 unspecified atom stereocenters. The Labute approximate surface area is 170 Å². The van der Waals surface area contributed by atoms with Crippen LogP contribution in [0.2, 0.25) is 0 Å². The van der Waals surface area contributed by atoms with Crippen molar-refractivity contribution in [1.29, 1.82) is 5.41 Å². The average Bonchev–Trinajstić information content (AvgIpc) is 3.02. The number of ether oxygens (including phenoxy) is 1. The Morgan fingerprint density at radius 2 is 1.89 bits per heavy atom. The molecule has 154 valence electrons. The van der Waals surface area contributed by atoms with E-state index in [1.165, 1.54) is 23.5 Å². The summed E-state index contributed by atoms with van der Waals surface area (Å²) in [6.45, 7) is 7.69. The van der Waals surface area contributed by atoms with E-state index in [2.05, 4.69) is 4.99 Å². The van der Waals surface area contributed by atoms with Crippen LogP contribution in [0.5, 0.6) is 0 Å². The fourth-order valence-electron chi connectivity index (χ4n) is 1.60. The van der Waals surface area contributed by atoms with Crippen LogP contribution in [0.4, 0.5) is 13.2 Å². The normalized spacial score (nSPS) is 10.8. The van der Waals surface area contributed by atoms with Gasteiger partial charge in [0.05, 0.1) is 4.88 Å². The molecule has 1 aromatic heterocycles. The van der Waals surface area contributed by atoms with Gasteiger partial charge in [0.1, 0.15) is 0 Å². The standard InChI is InChI=1S/C8H7F3S.C8H9N3O2S.C2H6/c1-6-3-2-4-7(5-6)12-8(9,10)11;1-5-2-3-6(14-5)7(9)13-8(10)11-4-12;1-2/h2-5H,1H3;2-4,9H,1H3,(H2,10,11,12);1-2H3. The molecule has 0 aliphatic heterocycles. The molecule has 0 atom stereocenters. The lowest BCUT2D eigenvalue weighted by atomic mass is 10.2. The number of aliphatic imine (C=N–C) groups is 1. The Hall–Kier alpha value is -2.33. The van der Waals surface area contributed by atoms with E-state index < -0.39 is 5.51 Å². The molecule has 2 rings (SSSR count). The molecule has 0 radical (unpaired) electrons. The number of halogens is 3. The van der Waals surface area contributed by atoms with Crippen LogP contribution < -0.4 is 5.73 Å². The van der Waals surface area contributed by atoms with E-state index in [9.17, 15) is 18.0 Å². The summed E-state index contributed by atoms with van der Waals surface area (Å²) in [6, 6.07) is 9.63. The lowest BCUT2D eigenvalue weighted by Gasteiger charge is -2.05. The van der Waals surface area contributed by atoms with Gasteiger partial charge in [0.15, 0.2) is 0 Å². The maximum Gasteiger partial charge on any atom is 0.446 e. The number of amides is 1. The summed E-state index contributed by atoms with van der Waals surface area (Å²) in [5.74, 6) is -0.105. The molecule has 1 heterocycles. The Kier molecular flexibility index (Phi) is 11.9. The van der Waals surface area contributed by atoms with E-state index in [-0.39, 0.29) is 35.0 Å². The van der Waals surface area contributed by atoms with Crippen LogP contribution in [-0.4, -0.2) is 23.8 Å². The zero-order chi connectivity index (χ0) is 21.7. The van der Waals surface area contributed by atoms with Gasteiger partial charge in [-0.3, -0.25) is 10.2 Å². The van der Waals surface area contributed by atoms with Gasteiger partial charge in [-0.2, -0.15) is 18.2 Å². The van der Waals surface area contributed by atoms with Crippen LogP contribution in [0.15, 0.2) is 46.3 Å². The Bertz CT molecular complexity index is 790. The molecule has 0 aliphatic rings. The number of alkyl halides is 3. The summed E-state index contributed by atoms with van der Waals surface area (Å²) in [5.41, 5.74) is 1.84. The van der Waals surface area contributed by atoms with E-state index in [0.29, 0.717) is 4.88 Å². The second-order valence-corrected chi connectivity index (χ2v) is 7.20. The third kappa shape index (κ3) is 11.4. The van der Waals surface area contributed by atoms with Crippen molar-refractivity contribution in [2.75, 3.05) is 0 Å². The Morgan fingerprint density at radius 3 is 2.36 bits per heavy atom. The van der Waals surface area contributed by atoms with Crippen molar-refractivity contribution in [2.45, 2.75) is 38.1 Å².